The Morgan fingerprint density at radius 2 is 1.58 bits per heavy atom. The minimum absolute atomic E-state index is 0.156. The maximum absolute atomic E-state index is 11.9. The number of quaternary nitrogens is 1. The van der Waals surface area contributed by atoms with Crippen molar-refractivity contribution in [2.45, 2.75) is 70.2 Å². The lowest BCUT2D eigenvalue weighted by atomic mass is 10.0. The summed E-state index contributed by atoms with van der Waals surface area (Å²) >= 11 is 0. The molecule has 142 valence electrons. The van der Waals surface area contributed by atoms with Crippen molar-refractivity contribution in [1.82, 2.24) is 0 Å². The maximum Gasteiger partial charge on any atom is 0.308 e. The normalized spacial score (nSPS) is 15.6. The lowest BCUT2D eigenvalue weighted by Gasteiger charge is -2.29. The lowest BCUT2D eigenvalue weighted by Crippen LogP contribution is -2.45. The van der Waals surface area contributed by atoms with E-state index in [0.717, 1.165) is 6.42 Å². The Kier molecular flexibility index (Phi) is 10.8. The van der Waals surface area contributed by atoms with Crippen molar-refractivity contribution in [2.24, 2.45) is 0 Å². The second-order valence-electron chi connectivity index (χ2n) is 7.37. The van der Waals surface area contributed by atoms with Crippen molar-refractivity contribution in [3.63, 3.8) is 0 Å². The minimum Gasteiger partial charge on any atom is -0.550 e. The Labute approximate surface area is 144 Å². The van der Waals surface area contributed by atoms with Crippen molar-refractivity contribution < 1.29 is 34.1 Å². The Morgan fingerprint density at radius 1 is 1.04 bits per heavy atom. The van der Waals surface area contributed by atoms with Crippen LogP contribution < -0.4 is 5.11 Å². The molecule has 0 bridgehead atoms. The molecule has 0 spiro atoms. The van der Waals surface area contributed by atoms with Gasteiger partial charge >= 0.3 is 5.97 Å². The number of rotatable bonds is 13. The predicted molar refractivity (Wildman–Crippen MR) is 87.8 cm³/mol. The van der Waals surface area contributed by atoms with Gasteiger partial charge in [0.05, 0.1) is 39.8 Å². The number of nitrogens with zero attached hydrogens (tertiary/aromatic N) is 1. The van der Waals surface area contributed by atoms with Crippen molar-refractivity contribution >= 4 is 11.9 Å². The quantitative estimate of drug-likeness (QED) is 0.272. The third-order valence-corrected chi connectivity index (χ3v) is 3.64. The molecule has 3 atom stereocenters. The molecular formula is C17H33NO6. The zero-order valence-corrected chi connectivity index (χ0v) is 15.4. The van der Waals surface area contributed by atoms with Crippen molar-refractivity contribution in [2.75, 3.05) is 27.7 Å². The molecule has 7 heteroatoms. The Bertz CT molecular complexity index is 380. The Hall–Kier alpha value is -1.18. The molecule has 0 aromatic carbocycles. The van der Waals surface area contributed by atoms with Crippen LogP contribution in [0.3, 0.4) is 0 Å². The van der Waals surface area contributed by atoms with Gasteiger partial charge in [-0.1, -0.05) is 19.8 Å². The predicted octanol–water partition coefficient (Wildman–Crippen LogP) is -0.173. The first-order valence-electron chi connectivity index (χ1n) is 8.59. The summed E-state index contributed by atoms with van der Waals surface area (Å²) in [7, 11) is 5.61. The zero-order chi connectivity index (χ0) is 18.8. The van der Waals surface area contributed by atoms with E-state index in [9.17, 15) is 24.9 Å². The van der Waals surface area contributed by atoms with Crippen molar-refractivity contribution in [3.05, 3.63) is 0 Å². The minimum atomic E-state index is -1.27. The highest BCUT2D eigenvalue weighted by molar-refractivity contribution is 5.71. The second-order valence-corrected chi connectivity index (χ2v) is 7.37. The molecule has 0 heterocycles. The number of aliphatic hydroxyl groups excluding tert-OH is 2. The van der Waals surface area contributed by atoms with Gasteiger partial charge in [-0.3, -0.25) is 4.79 Å². The highest BCUT2D eigenvalue weighted by Crippen LogP contribution is 2.12. The van der Waals surface area contributed by atoms with Gasteiger partial charge in [0.2, 0.25) is 0 Å². The van der Waals surface area contributed by atoms with Crippen LogP contribution in [0.25, 0.3) is 0 Å². The molecule has 0 amide bonds. The van der Waals surface area contributed by atoms with Gasteiger partial charge < -0.3 is 29.3 Å². The molecule has 0 aromatic rings. The van der Waals surface area contributed by atoms with E-state index in [4.69, 9.17) is 4.74 Å². The van der Waals surface area contributed by atoms with Crippen LogP contribution in [0, 0.1) is 0 Å². The molecule has 0 saturated heterocycles. The van der Waals surface area contributed by atoms with E-state index < -0.39 is 24.1 Å². The first-order valence-corrected chi connectivity index (χ1v) is 8.59. The molecule has 2 N–H and O–H groups in total. The number of carbonyl (C=O) groups excluding carboxylic acids is 2. The number of aliphatic hydroxyl groups is 2. The van der Waals surface area contributed by atoms with Gasteiger partial charge in [-0.2, -0.15) is 0 Å². The first kappa shape index (κ1) is 22.8. The molecule has 0 saturated carbocycles. The van der Waals surface area contributed by atoms with Gasteiger partial charge in [-0.15, -0.1) is 0 Å². The third-order valence-electron chi connectivity index (χ3n) is 3.64. The molecule has 0 rings (SSSR count). The molecule has 0 aliphatic carbocycles. The molecule has 0 fully saturated rings. The monoisotopic (exact) mass is 347 g/mol. The van der Waals surface area contributed by atoms with Gasteiger partial charge in [-0.25, -0.2) is 0 Å². The second kappa shape index (κ2) is 11.4. The van der Waals surface area contributed by atoms with E-state index in [1.807, 2.05) is 28.1 Å². The summed E-state index contributed by atoms with van der Waals surface area (Å²) < 4.78 is 5.65. The van der Waals surface area contributed by atoms with Crippen LogP contribution in [-0.2, 0) is 14.3 Å². The van der Waals surface area contributed by atoms with Crippen LogP contribution in [0.15, 0.2) is 0 Å². The molecular weight excluding hydrogens is 314 g/mol. The van der Waals surface area contributed by atoms with Crippen molar-refractivity contribution in [3.8, 4) is 0 Å². The van der Waals surface area contributed by atoms with E-state index in [1.165, 1.54) is 0 Å². The highest BCUT2D eigenvalue weighted by atomic mass is 16.5. The summed E-state index contributed by atoms with van der Waals surface area (Å²) in [4.78, 5) is 22.7. The number of ether oxygens (including phenoxy) is 1. The van der Waals surface area contributed by atoms with Crippen LogP contribution in [-0.4, -0.2) is 72.6 Å². The highest BCUT2D eigenvalue weighted by Gasteiger charge is 2.23. The summed E-state index contributed by atoms with van der Waals surface area (Å²) in [5.41, 5.74) is 0. The SMILES string of the molecule is CCC(O)CCCCC(O)CC(=O)OC(CC(=O)[O-])C[N+](C)(C)C. The molecule has 0 aliphatic heterocycles. The number of hydrogen-bond donors (Lipinski definition) is 2. The summed E-state index contributed by atoms with van der Waals surface area (Å²) in [6, 6.07) is 0. The van der Waals surface area contributed by atoms with Crippen LogP contribution in [0.2, 0.25) is 0 Å². The zero-order valence-electron chi connectivity index (χ0n) is 15.4. The average molecular weight is 347 g/mol. The van der Waals surface area contributed by atoms with Gasteiger partial charge in [0, 0.05) is 12.4 Å². The number of carboxylic acids is 1. The number of likely N-dealkylation sites (N-methyl/N-ethyl adjacent to an activating group) is 1. The molecule has 0 aliphatic rings. The third kappa shape index (κ3) is 13.3. The van der Waals surface area contributed by atoms with Crippen LogP contribution in [0.5, 0.6) is 0 Å². The molecule has 0 aromatic heterocycles. The Morgan fingerprint density at radius 3 is 2.04 bits per heavy atom. The molecule has 24 heavy (non-hydrogen) atoms. The van der Waals surface area contributed by atoms with E-state index in [2.05, 4.69) is 0 Å². The maximum atomic E-state index is 11.9. The number of hydrogen-bond acceptors (Lipinski definition) is 6. The van der Waals surface area contributed by atoms with E-state index in [-0.39, 0.29) is 18.9 Å². The van der Waals surface area contributed by atoms with E-state index in [1.54, 1.807) is 0 Å². The lowest BCUT2D eigenvalue weighted by molar-refractivity contribution is -0.873. The van der Waals surface area contributed by atoms with Crippen LogP contribution in [0.4, 0.5) is 0 Å². The summed E-state index contributed by atoms with van der Waals surface area (Å²) in [6.45, 7) is 2.26. The number of aliphatic carboxylic acids is 1. The Balaban J connectivity index is 4.19. The van der Waals surface area contributed by atoms with Gasteiger partial charge in [-0.05, 0) is 19.3 Å². The number of carboxylic acid groups (broad SMARTS) is 1. The summed E-state index contributed by atoms with van der Waals surface area (Å²) in [5, 5.41) is 30.1. The standard InChI is InChI=1S/C17H33NO6/c1-5-13(19)8-6-7-9-14(20)10-17(23)24-15(11-16(21)22)12-18(2,3)4/h13-15,19-20H,5-12H2,1-4H3. The fourth-order valence-corrected chi connectivity index (χ4v) is 2.43. The van der Waals surface area contributed by atoms with Crippen LogP contribution >= 0.6 is 0 Å². The van der Waals surface area contributed by atoms with Gasteiger partial charge in [0.15, 0.2) is 6.10 Å². The largest absolute Gasteiger partial charge is 0.550 e. The molecule has 3 unspecified atom stereocenters. The van der Waals surface area contributed by atoms with Crippen molar-refractivity contribution in [1.29, 1.82) is 0 Å². The molecule has 0 radical (unpaired) electrons. The fourth-order valence-electron chi connectivity index (χ4n) is 2.43. The molecule has 7 nitrogen and oxygen atoms in total. The topological polar surface area (TPSA) is 107 Å². The summed E-state index contributed by atoms with van der Waals surface area (Å²) in [6.07, 6.45) is 0.940. The summed E-state index contributed by atoms with van der Waals surface area (Å²) in [5.74, 6) is -1.87. The van der Waals surface area contributed by atoms with Gasteiger partial charge in [0.25, 0.3) is 0 Å². The number of esters is 1. The van der Waals surface area contributed by atoms with Gasteiger partial charge in [0.1, 0.15) is 6.54 Å². The average Bonchev–Trinajstić information content (AvgIpc) is 2.40. The number of unbranched alkanes of at least 4 members (excludes halogenated alkanes) is 1. The fraction of sp³-hybridized carbons (Fsp3) is 0.882. The number of carbonyl (C=O) groups is 2. The van der Waals surface area contributed by atoms with Crippen LogP contribution in [0.1, 0.15) is 51.9 Å². The van der Waals surface area contributed by atoms with E-state index >= 15 is 0 Å². The smallest absolute Gasteiger partial charge is 0.308 e. The van der Waals surface area contributed by atoms with E-state index in [0.29, 0.717) is 36.7 Å². The first-order chi connectivity index (χ1) is 11.0.